The monoisotopic (exact) mass is 305 g/mol. The van der Waals surface area contributed by atoms with Gasteiger partial charge in [0.25, 0.3) is 10.0 Å². The van der Waals surface area contributed by atoms with Gasteiger partial charge in [0.05, 0.1) is 4.92 Å². The molecule has 1 aliphatic rings. The predicted octanol–water partition coefficient (Wildman–Crippen LogP) is 1.80. The van der Waals surface area contributed by atoms with Crippen molar-refractivity contribution >= 4 is 32.0 Å². The van der Waals surface area contributed by atoms with E-state index in [0.29, 0.717) is 0 Å². The third-order valence-corrected chi connectivity index (χ3v) is 6.70. The highest BCUT2D eigenvalue weighted by atomic mass is 32.2. The highest BCUT2D eigenvalue weighted by Gasteiger charge is 2.33. The summed E-state index contributed by atoms with van der Waals surface area (Å²) in [6, 6.07) is 1.02. The zero-order valence-corrected chi connectivity index (χ0v) is 12.0. The first kappa shape index (κ1) is 14.2. The first-order valence-corrected chi connectivity index (χ1v) is 8.11. The van der Waals surface area contributed by atoms with Crippen LogP contribution in [0.1, 0.15) is 25.7 Å². The topological polar surface area (TPSA) is 107 Å². The molecule has 0 atom stereocenters. The van der Waals surface area contributed by atoms with Crippen LogP contribution >= 0.6 is 11.3 Å². The highest BCUT2D eigenvalue weighted by molar-refractivity contribution is 7.91. The summed E-state index contributed by atoms with van der Waals surface area (Å²) in [7, 11) is -2.17. The maximum Gasteiger partial charge on any atom is 0.304 e. The Morgan fingerprint density at radius 1 is 1.47 bits per heavy atom. The van der Waals surface area contributed by atoms with E-state index < -0.39 is 14.9 Å². The molecule has 7 nitrogen and oxygen atoms in total. The normalized spacial score (nSPS) is 17.2. The fraction of sp³-hybridized carbons (Fsp3) is 0.600. The van der Waals surface area contributed by atoms with E-state index in [-0.39, 0.29) is 20.9 Å². The summed E-state index contributed by atoms with van der Waals surface area (Å²) >= 11 is 0.743. The zero-order valence-electron chi connectivity index (χ0n) is 10.4. The number of rotatable bonds is 4. The number of hydrogen-bond acceptors (Lipinski definition) is 6. The van der Waals surface area contributed by atoms with Gasteiger partial charge in [0.2, 0.25) is 0 Å². The van der Waals surface area contributed by atoms with Crippen LogP contribution in [0.25, 0.3) is 0 Å². The van der Waals surface area contributed by atoms with E-state index in [2.05, 4.69) is 0 Å². The summed E-state index contributed by atoms with van der Waals surface area (Å²) in [4.78, 5) is 10.0. The van der Waals surface area contributed by atoms with Crippen LogP contribution in [-0.4, -0.2) is 30.7 Å². The van der Waals surface area contributed by atoms with E-state index in [9.17, 15) is 18.5 Å². The summed E-state index contributed by atoms with van der Waals surface area (Å²) < 4.78 is 26.0. The minimum absolute atomic E-state index is 0.0209. The largest absolute Gasteiger partial charge is 0.385 e. The number of anilines is 1. The molecule has 0 spiro atoms. The van der Waals surface area contributed by atoms with Crippen LogP contribution in [-0.2, 0) is 10.0 Å². The molecule has 1 heterocycles. The number of nitrogens with zero attached hydrogens (tertiary/aromatic N) is 2. The van der Waals surface area contributed by atoms with Gasteiger partial charge in [-0.2, -0.15) is 4.31 Å². The molecule has 0 aromatic carbocycles. The van der Waals surface area contributed by atoms with Gasteiger partial charge in [0.15, 0.2) is 5.00 Å². The average Bonchev–Trinajstić information content (AvgIpc) is 2.96. The molecule has 1 saturated carbocycles. The molecular weight excluding hydrogens is 290 g/mol. The van der Waals surface area contributed by atoms with Gasteiger partial charge >= 0.3 is 5.69 Å². The van der Waals surface area contributed by atoms with Gasteiger partial charge in [0, 0.05) is 19.2 Å². The zero-order chi connectivity index (χ0) is 14.2. The van der Waals surface area contributed by atoms with Gasteiger partial charge in [-0.3, -0.25) is 10.1 Å². The molecule has 0 amide bonds. The Bertz CT molecular complexity index is 590. The number of nitro groups is 1. The third-order valence-electron chi connectivity index (χ3n) is 3.39. The second kappa shape index (κ2) is 5.06. The summed E-state index contributed by atoms with van der Waals surface area (Å²) in [5.41, 5.74) is 5.14. The average molecular weight is 305 g/mol. The van der Waals surface area contributed by atoms with Crippen molar-refractivity contribution < 1.29 is 13.3 Å². The van der Waals surface area contributed by atoms with Gasteiger partial charge in [-0.05, 0) is 12.8 Å². The number of sulfonamides is 1. The van der Waals surface area contributed by atoms with Gasteiger partial charge in [0.1, 0.15) is 4.21 Å². The Balaban J connectivity index is 2.33. The van der Waals surface area contributed by atoms with Gasteiger partial charge in [-0.1, -0.05) is 24.2 Å². The summed E-state index contributed by atoms with van der Waals surface area (Å²) in [5, 5.41) is 10.6. The molecule has 0 bridgehead atoms. The number of thiophene rings is 1. The van der Waals surface area contributed by atoms with Crippen molar-refractivity contribution in [2.24, 2.45) is 0 Å². The number of hydrogen-bond donors (Lipinski definition) is 1. The fourth-order valence-electron chi connectivity index (χ4n) is 2.25. The van der Waals surface area contributed by atoms with E-state index in [1.165, 1.54) is 11.4 Å². The Labute approximate surface area is 115 Å². The first-order valence-electron chi connectivity index (χ1n) is 5.85. The molecule has 1 fully saturated rings. The molecule has 0 aliphatic heterocycles. The van der Waals surface area contributed by atoms with Crippen molar-refractivity contribution in [3.8, 4) is 0 Å². The molecule has 1 aliphatic carbocycles. The number of nitrogens with two attached hydrogens (primary N) is 1. The van der Waals surface area contributed by atoms with Gasteiger partial charge in [-0.25, -0.2) is 8.42 Å². The standard InChI is InChI=1S/C10H15N3O4S2/c1-12(7-4-2-3-5-7)19(16,17)9-6-8(13(14)15)10(11)18-9/h6-7H,2-5,11H2,1H3. The Morgan fingerprint density at radius 2 is 2.05 bits per heavy atom. The molecule has 0 unspecified atom stereocenters. The SMILES string of the molecule is CN(C1CCCC1)S(=O)(=O)c1cc([N+](=O)[O-])c(N)s1. The first-order chi connectivity index (χ1) is 8.84. The minimum atomic E-state index is -3.69. The molecule has 2 rings (SSSR count). The third kappa shape index (κ3) is 2.58. The molecule has 19 heavy (non-hydrogen) atoms. The predicted molar refractivity (Wildman–Crippen MR) is 72.6 cm³/mol. The molecule has 1 aromatic heterocycles. The number of nitrogen functional groups attached to an aromatic ring is 1. The van der Waals surface area contributed by atoms with Gasteiger partial charge < -0.3 is 5.73 Å². The lowest BCUT2D eigenvalue weighted by Gasteiger charge is -2.22. The Morgan fingerprint density at radius 3 is 2.53 bits per heavy atom. The van der Waals surface area contributed by atoms with E-state index in [4.69, 9.17) is 5.73 Å². The van der Waals surface area contributed by atoms with Crippen LogP contribution in [0.5, 0.6) is 0 Å². The molecule has 2 N–H and O–H groups in total. The smallest absolute Gasteiger partial charge is 0.304 e. The molecule has 0 radical (unpaired) electrons. The maximum absolute atomic E-state index is 12.4. The van der Waals surface area contributed by atoms with Crippen molar-refractivity contribution in [2.75, 3.05) is 12.8 Å². The molecule has 106 valence electrons. The minimum Gasteiger partial charge on any atom is -0.385 e. The lowest BCUT2D eigenvalue weighted by molar-refractivity contribution is -0.383. The van der Waals surface area contributed by atoms with E-state index in [1.54, 1.807) is 0 Å². The maximum atomic E-state index is 12.4. The van der Waals surface area contributed by atoms with E-state index >= 15 is 0 Å². The van der Waals surface area contributed by atoms with Crippen molar-refractivity contribution in [3.05, 3.63) is 16.2 Å². The van der Waals surface area contributed by atoms with Crippen LogP contribution in [0.15, 0.2) is 10.3 Å². The van der Waals surface area contributed by atoms with Crippen molar-refractivity contribution in [1.82, 2.24) is 4.31 Å². The highest BCUT2D eigenvalue weighted by Crippen LogP contribution is 2.37. The van der Waals surface area contributed by atoms with Crippen molar-refractivity contribution in [3.63, 3.8) is 0 Å². The fourth-order valence-corrected chi connectivity index (χ4v) is 5.07. The lowest BCUT2D eigenvalue weighted by atomic mass is 10.3. The Kier molecular flexibility index (Phi) is 3.79. The van der Waals surface area contributed by atoms with Crippen molar-refractivity contribution in [1.29, 1.82) is 0 Å². The Hall–Kier alpha value is -1.19. The van der Waals surface area contributed by atoms with E-state index in [1.807, 2.05) is 0 Å². The van der Waals surface area contributed by atoms with Crippen LogP contribution in [0.2, 0.25) is 0 Å². The summed E-state index contributed by atoms with van der Waals surface area (Å²) in [6.45, 7) is 0. The van der Waals surface area contributed by atoms with Crippen LogP contribution in [0.3, 0.4) is 0 Å². The second-order valence-corrected chi connectivity index (χ2v) is 7.84. The lowest BCUT2D eigenvalue weighted by Crippen LogP contribution is -2.34. The van der Waals surface area contributed by atoms with Crippen LogP contribution in [0.4, 0.5) is 10.7 Å². The molecule has 1 aromatic rings. The second-order valence-electron chi connectivity index (χ2n) is 4.53. The molecule has 0 saturated heterocycles. The van der Waals surface area contributed by atoms with Crippen molar-refractivity contribution in [2.45, 2.75) is 35.9 Å². The van der Waals surface area contributed by atoms with Crippen LogP contribution in [0, 0.1) is 10.1 Å². The summed E-state index contributed by atoms with van der Waals surface area (Å²) in [6.07, 6.45) is 3.69. The van der Waals surface area contributed by atoms with Gasteiger partial charge in [-0.15, -0.1) is 0 Å². The summed E-state index contributed by atoms with van der Waals surface area (Å²) in [5.74, 6) is 0. The molecular formula is C10H15N3O4S2. The quantitative estimate of drug-likeness (QED) is 0.674. The van der Waals surface area contributed by atoms with Crippen LogP contribution < -0.4 is 5.73 Å². The van der Waals surface area contributed by atoms with E-state index in [0.717, 1.165) is 43.1 Å². The molecule has 9 heteroatoms.